The Morgan fingerprint density at radius 3 is 2.77 bits per heavy atom. The summed E-state index contributed by atoms with van der Waals surface area (Å²) in [6, 6.07) is 9.33. The fourth-order valence-corrected chi connectivity index (χ4v) is 3.09. The molecule has 1 aliphatic rings. The Bertz CT molecular complexity index is 872. The number of nitrogens with zero attached hydrogens (tertiary/aromatic N) is 1. The number of carbonyl (C=O) groups is 2. The Hall–Kier alpha value is -2.60. The van der Waals surface area contributed by atoms with Gasteiger partial charge in [0.25, 0.3) is 0 Å². The van der Waals surface area contributed by atoms with Gasteiger partial charge in [0.15, 0.2) is 0 Å². The topological polar surface area (TPSA) is 58.6 Å². The van der Waals surface area contributed by atoms with Crippen molar-refractivity contribution in [3.63, 3.8) is 0 Å². The number of ether oxygens (including phenoxy) is 1. The molecule has 1 heterocycles. The molecule has 0 saturated carbocycles. The molecule has 3 rings (SSSR count). The average molecular weight is 377 g/mol. The molecular formula is C19H18ClFN2O3. The number of halogens is 2. The van der Waals surface area contributed by atoms with Gasteiger partial charge in [-0.1, -0.05) is 23.7 Å². The van der Waals surface area contributed by atoms with Crippen LogP contribution in [-0.2, 0) is 9.59 Å². The molecule has 2 aromatic carbocycles. The van der Waals surface area contributed by atoms with Gasteiger partial charge in [0, 0.05) is 24.1 Å². The van der Waals surface area contributed by atoms with Gasteiger partial charge in [-0.05, 0) is 30.7 Å². The van der Waals surface area contributed by atoms with E-state index in [0.717, 1.165) is 5.56 Å². The highest BCUT2D eigenvalue weighted by Gasteiger charge is 2.36. The first-order valence-corrected chi connectivity index (χ1v) is 8.48. The van der Waals surface area contributed by atoms with Crippen molar-refractivity contribution in [1.82, 2.24) is 0 Å². The summed E-state index contributed by atoms with van der Waals surface area (Å²) in [5.41, 5.74) is 1.47. The van der Waals surface area contributed by atoms with Crippen LogP contribution in [0.25, 0.3) is 0 Å². The molecule has 0 aromatic heterocycles. The van der Waals surface area contributed by atoms with E-state index in [1.807, 2.05) is 6.92 Å². The van der Waals surface area contributed by atoms with Crippen molar-refractivity contribution >= 4 is 34.8 Å². The summed E-state index contributed by atoms with van der Waals surface area (Å²) < 4.78 is 19.0. The molecule has 0 radical (unpaired) electrons. The van der Waals surface area contributed by atoms with Gasteiger partial charge >= 0.3 is 0 Å². The molecule has 1 aliphatic heterocycles. The van der Waals surface area contributed by atoms with Crippen LogP contribution >= 0.6 is 11.6 Å². The van der Waals surface area contributed by atoms with Gasteiger partial charge in [0.1, 0.15) is 11.6 Å². The van der Waals surface area contributed by atoms with E-state index in [-0.39, 0.29) is 24.6 Å². The summed E-state index contributed by atoms with van der Waals surface area (Å²) in [7, 11) is 1.49. The predicted octanol–water partition coefficient (Wildman–Crippen LogP) is 3.79. The van der Waals surface area contributed by atoms with Gasteiger partial charge in [-0.15, -0.1) is 0 Å². The average Bonchev–Trinajstić information content (AvgIpc) is 3.00. The largest absolute Gasteiger partial charge is 0.495 e. The minimum absolute atomic E-state index is 0.0467. The number of methoxy groups -OCH3 is 1. The first-order valence-electron chi connectivity index (χ1n) is 8.10. The monoisotopic (exact) mass is 376 g/mol. The molecule has 0 spiro atoms. The number of rotatable bonds is 4. The van der Waals surface area contributed by atoms with Crippen molar-refractivity contribution in [2.75, 3.05) is 23.9 Å². The molecule has 1 fully saturated rings. The van der Waals surface area contributed by atoms with E-state index in [2.05, 4.69) is 5.32 Å². The lowest BCUT2D eigenvalue weighted by Crippen LogP contribution is -2.28. The SMILES string of the molecule is COc1cc(Cl)c(C)cc1N1CC(C(=O)Nc2ccccc2F)CC1=O. The van der Waals surface area contributed by atoms with Gasteiger partial charge in [0.2, 0.25) is 11.8 Å². The summed E-state index contributed by atoms with van der Waals surface area (Å²) >= 11 is 6.11. The van der Waals surface area contributed by atoms with Crippen LogP contribution in [0.15, 0.2) is 36.4 Å². The fraction of sp³-hybridized carbons (Fsp3) is 0.263. The lowest BCUT2D eigenvalue weighted by molar-refractivity contribution is -0.122. The third-order valence-corrected chi connectivity index (χ3v) is 4.79. The molecule has 1 unspecified atom stereocenters. The van der Waals surface area contributed by atoms with Gasteiger partial charge in [0.05, 0.1) is 24.4 Å². The number of amides is 2. The van der Waals surface area contributed by atoms with Gasteiger partial charge in [-0.25, -0.2) is 4.39 Å². The Kier molecular flexibility index (Phi) is 5.13. The second-order valence-electron chi connectivity index (χ2n) is 6.15. The molecular weight excluding hydrogens is 359 g/mol. The highest BCUT2D eigenvalue weighted by molar-refractivity contribution is 6.31. The number of carbonyl (C=O) groups excluding carboxylic acids is 2. The van der Waals surface area contributed by atoms with Crippen LogP contribution in [0.2, 0.25) is 5.02 Å². The first kappa shape index (κ1) is 18.2. The molecule has 1 N–H and O–H groups in total. The lowest BCUT2D eigenvalue weighted by Gasteiger charge is -2.20. The maximum Gasteiger partial charge on any atom is 0.229 e. The van der Waals surface area contributed by atoms with Crippen LogP contribution in [0, 0.1) is 18.7 Å². The Morgan fingerprint density at radius 2 is 2.08 bits per heavy atom. The van der Waals surface area contributed by atoms with Crippen molar-refractivity contribution in [3.05, 3.63) is 52.8 Å². The zero-order valence-corrected chi connectivity index (χ0v) is 15.1. The predicted molar refractivity (Wildman–Crippen MR) is 98.2 cm³/mol. The summed E-state index contributed by atoms with van der Waals surface area (Å²) in [6.45, 7) is 2.02. The quantitative estimate of drug-likeness (QED) is 0.883. The number of anilines is 2. The Balaban J connectivity index is 1.80. The van der Waals surface area contributed by atoms with E-state index in [1.165, 1.54) is 24.1 Å². The number of nitrogens with one attached hydrogen (secondary N) is 1. The highest BCUT2D eigenvalue weighted by Crippen LogP contribution is 2.37. The van der Waals surface area contributed by atoms with Crippen molar-refractivity contribution in [1.29, 1.82) is 0 Å². The van der Waals surface area contributed by atoms with Crippen molar-refractivity contribution in [2.45, 2.75) is 13.3 Å². The van der Waals surface area contributed by atoms with Gasteiger partial charge in [-0.2, -0.15) is 0 Å². The maximum absolute atomic E-state index is 13.7. The molecule has 2 amide bonds. The molecule has 5 nitrogen and oxygen atoms in total. The minimum Gasteiger partial charge on any atom is -0.495 e. The molecule has 2 aromatic rings. The van der Waals surface area contributed by atoms with Crippen LogP contribution in [-0.4, -0.2) is 25.5 Å². The lowest BCUT2D eigenvalue weighted by atomic mass is 10.1. The summed E-state index contributed by atoms with van der Waals surface area (Å²) in [5, 5.41) is 3.08. The zero-order chi connectivity index (χ0) is 18.8. The third-order valence-electron chi connectivity index (χ3n) is 4.38. The number of hydrogen-bond acceptors (Lipinski definition) is 3. The third kappa shape index (κ3) is 3.51. The van der Waals surface area contributed by atoms with Crippen LogP contribution in [0.1, 0.15) is 12.0 Å². The molecule has 1 atom stereocenters. The Morgan fingerprint density at radius 1 is 1.35 bits per heavy atom. The number of hydrogen-bond donors (Lipinski definition) is 1. The second kappa shape index (κ2) is 7.33. The first-order chi connectivity index (χ1) is 12.4. The van der Waals surface area contributed by atoms with Crippen LogP contribution in [0.3, 0.4) is 0 Å². The molecule has 1 saturated heterocycles. The second-order valence-corrected chi connectivity index (χ2v) is 6.55. The van der Waals surface area contributed by atoms with E-state index in [9.17, 15) is 14.0 Å². The number of benzene rings is 2. The van der Waals surface area contributed by atoms with Crippen LogP contribution < -0.4 is 15.0 Å². The van der Waals surface area contributed by atoms with E-state index >= 15 is 0 Å². The minimum atomic E-state index is -0.581. The summed E-state index contributed by atoms with van der Waals surface area (Å²) in [5.74, 6) is -1.22. The summed E-state index contributed by atoms with van der Waals surface area (Å²) in [4.78, 5) is 26.4. The normalized spacial score (nSPS) is 16.7. The molecule has 7 heteroatoms. The molecule has 136 valence electrons. The smallest absolute Gasteiger partial charge is 0.229 e. The molecule has 26 heavy (non-hydrogen) atoms. The van der Waals surface area contributed by atoms with Crippen molar-refractivity contribution < 1.29 is 18.7 Å². The standard InChI is InChI=1S/C19H18ClFN2O3/c1-11-7-16(17(26-2)9-13(11)20)23-10-12(8-18(23)24)19(25)22-15-6-4-3-5-14(15)21/h3-7,9,12H,8,10H2,1-2H3,(H,22,25). The van der Waals surface area contributed by atoms with Crippen molar-refractivity contribution in [3.8, 4) is 5.75 Å². The highest BCUT2D eigenvalue weighted by atomic mass is 35.5. The van der Waals surface area contributed by atoms with Gasteiger partial charge in [-0.3, -0.25) is 9.59 Å². The number of aryl methyl sites for hydroxylation is 1. The Labute approximate surface area is 155 Å². The molecule has 0 aliphatic carbocycles. The van der Waals surface area contributed by atoms with Crippen molar-refractivity contribution in [2.24, 2.45) is 5.92 Å². The zero-order valence-electron chi connectivity index (χ0n) is 14.4. The summed E-state index contributed by atoms with van der Waals surface area (Å²) in [6.07, 6.45) is 0.0467. The van der Waals surface area contributed by atoms with E-state index in [1.54, 1.807) is 24.3 Å². The maximum atomic E-state index is 13.7. The fourth-order valence-electron chi connectivity index (χ4n) is 2.94. The van der Waals surface area contributed by atoms with Crippen LogP contribution in [0.4, 0.5) is 15.8 Å². The van der Waals surface area contributed by atoms with Crippen LogP contribution in [0.5, 0.6) is 5.75 Å². The van der Waals surface area contributed by atoms with Gasteiger partial charge < -0.3 is 15.0 Å². The number of para-hydroxylation sites is 1. The van der Waals surface area contributed by atoms with E-state index in [4.69, 9.17) is 16.3 Å². The van der Waals surface area contributed by atoms with E-state index in [0.29, 0.717) is 16.5 Å². The van der Waals surface area contributed by atoms with E-state index < -0.39 is 17.6 Å². The molecule has 0 bridgehead atoms.